The normalized spacial score (nSPS) is 11.2. The zero-order valence-corrected chi connectivity index (χ0v) is 11.2. The minimum atomic E-state index is -4.37. The van der Waals surface area contributed by atoms with Crippen molar-refractivity contribution in [2.75, 3.05) is 0 Å². The standard InChI is InChI=1S/C13H9ClF3N3O/c14-11-6-5-10(19-20-11)12(21)18-7-8-1-3-9(4-2-8)13(15,16)17/h1-6H,7H2,(H,18,21). The predicted octanol–water partition coefficient (Wildman–Crippen LogP) is 3.08. The summed E-state index contributed by atoms with van der Waals surface area (Å²) in [5.74, 6) is -0.487. The van der Waals surface area contributed by atoms with Gasteiger partial charge < -0.3 is 5.32 Å². The van der Waals surface area contributed by atoms with E-state index in [2.05, 4.69) is 15.5 Å². The molecule has 2 rings (SSSR count). The van der Waals surface area contributed by atoms with Crippen molar-refractivity contribution >= 4 is 17.5 Å². The molecular formula is C13H9ClF3N3O. The fourth-order valence-corrected chi connectivity index (χ4v) is 1.62. The third-order valence-corrected chi connectivity index (χ3v) is 2.80. The van der Waals surface area contributed by atoms with Crippen LogP contribution in [0, 0.1) is 0 Å². The van der Waals surface area contributed by atoms with Gasteiger partial charge in [0.1, 0.15) is 0 Å². The molecule has 0 aliphatic rings. The molecule has 0 unspecified atom stereocenters. The van der Waals surface area contributed by atoms with Crippen LogP contribution in [0.15, 0.2) is 36.4 Å². The highest BCUT2D eigenvalue weighted by Crippen LogP contribution is 2.29. The lowest BCUT2D eigenvalue weighted by molar-refractivity contribution is -0.137. The van der Waals surface area contributed by atoms with Gasteiger partial charge in [-0.05, 0) is 29.8 Å². The number of nitrogens with one attached hydrogen (secondary N) is 1. The predicted molar refractivity (Wildman–Crippen MR) is 69.7 cm³/mol. The van der Waals surface area contributed by atoms with Gasteiger partial charge >= 0.3 is 6.18 Å². The van der Waals surface area contributed by atoms with Crippen molar-refractivity contribution in [2.45, 2.75) is 12.7 Å². The molecule has 0 radical (unpaired) electrons. The summed E-state index contributed by atoms with van der Waals surface area (Å²) in [5, 5.41) is 9.81. The maximum atomic E-state index is 12.4. The van der Waals surface area contributed by atoms with Gasteiger partial charge in [0.05, 0.1) is 5.56 Å². The highest BCUT2D eigenvalue weighted by molar-refractivity contribution is 6.29. The first-order valence-corrected chi connectivity index (χ1v) is 6.17. The Hall–Kier alpha value is -2.15. The molecule has 0 atom stereocenters. The summed E-state index contributed by atoms with van der Waals surface area (Å²) in [7, 11) is 0. The SMILES string of the molecule is O=C(NCc1ccc(C(F)(F)F)cc1)c1ccc(Cl)nn1. The van der Waals surface area contributed by atoms with Crippen molar-refractivity contribution in [2.24, 2.45) is 0 Å². The van der Waals surface area contributed by atoms with Gasteiger partial charge in [-0.3, -0.25) is 4.79 Å². The fourth-order valence-electron chi connectivity index (χ4n) is 1.52. The largest absolute Gasteiger partial charge is 0.416 e. The second-order valence-corrected chi connectivity index (χ2v) is 4.51. The number of aromatic nitrogens is 2. The number of halogens is 4. The third kappa shape index (κ3) is 4.16. The number of rotatable bonds is 3. The number of alkyl halides is 3. The highest BCUT2D eigenvalue weighted by Gasteiger charge is 2.29. The quantitative estimate of drug-likeness (QED) is 0.947. The van der Waals surface area contributed by atoms with Crippen LogP contribution in [0.2, 0.25) is 5.15 Å². The topological polar surface area (TPSA) is 54.9 Å². The highest BCUT2D eigenvalue weighted by atomic mass is 35.5. The molecule has 8 heteroatoms. The van der Waals surface area contributed by atoms with Crippen LogP contribution in [0.5, 0.6) is 0 Å². The monoisotopic (exact) mass is 315 g/mol. The van der Waals surface area contributed by atoms with Gasteiger partial charge in [-0.1, -0.05) is 23.7 Å². The van der Waals surface area contributed by atoms with Crippen LogP contribution in [0.3, 0.4) is 0 Å². The van der Waals surface area contributed by atoms with Crippen molar-refractivity contribution < 1.29 is 18.0 Å². The summed E-state index contributed by atoms with van der Waals surface area (Å²) in [6.45, 7) is 0.0846. The number of nitrogens with zero attached hydrogens (tertiary/aromatic N) is 2. The van der Waals surface area contributed by atoms with Crippen molar-refractivity contribution in [3.63, 3.8) is 0 Å². The Morgan fingerprint density at radius 1 is 1.10 bits per heavy atom. The van der Waals surface area contributed by atoms with Gasteiger partial charge in [0.15, 0.2) is 10.8 Å². The second-order valence-electron chi connectivity index (χ2n) is 4.12. The van der Waals surface area contributed by atoms with Crippen molar-refractivity contribution in [1.82, 2.24) is 15.5 Å². The summed E-state index contributed by atoms with van der Waals surface area (Å²) in [4.78, 5) is 11.7. The number of benzene rings is 1. The molecule has 4 nitrogen and oxygen atoms in total. The van der Waals surface area contributed by atoms with E-state index in [0.29, 0.717) is 5.56 Å². The Kier molecular flexibility index (Phi) is 4.42. The molecule has 0 bridgehead atoms. The minimum Gasteiger partial charge on any atom is -0.347 e. The molecule has 1 aromatic heterocycles. The molecule has 1 amide bonds. The molecule has 0 fully saturated rings. The van der Waals surface area contributed by atoms with E-state index >= 15 is 0 Å². The first kappa shape index (κ1) is 15.2. The fraction of sp³-hybridized carbons (Fsp3) is 0.154. The molecule has 1 aromatic carbocycles. The number of carbonyl (C=O) groups excluding carboxylic acids is 1. The van der Waals surface area contributed by atoms with Gasteiger partial charge in [0, 0.05) is 6.54 Å². The van der Waals surface area contributed by atoms with Crippen LogP contribution >= 0.6 is 11.6 Å². The Balaban J connectivity index is 1.97. The molecule has 110 valence electrons. The van der Waals surface area contributed by atoms with E-state index in [9.17, 15) is 18.0 Å². The van der Waals surface area contributed by atoms with E-state index in [1.165, 1.54) is 24.3 Å². The minimum absolute atomic E-state index is 0.0753. The Morgan fingerprint density at radius 2 is 1.76 bits per heavy atom. The number of hydrogen-bond acceptors (Lipinski definition) is 3. The van der Waals surface area contributed by atoms with E-state index in [1.807, 2.05) is 0 Å². The van der Waals surface area contributed by atoms with Gasteiger partial charge in [0.25, 0.3) is 5.91 Å². The van der Waals surface area contributed by atoms with E-state index in [4.69, 9.17) is 11.6 Å². The number of hydrogen-bond donors (Lipinski definition) is 1. The van der Waals surface area contributed by atoms with Gasteiger partial charge in [-0.2, -0.15) is 13.2 Å². The first-order valence-electron chi connectivity index (χ1n) is 5.80. The molecule has 2 aromatic rings. The molecule has 0 saturated carbocycles. The smallest absolute Gasteiger partial charge is 0.347 e. The van der Waals surface area contributed by atoms with E-state index in [-0.39, 0.29) is 17.4 Å². The third-order valence-electron chi connectivity index (χ3n) is 2.60. The zero-order valence-electron chi connectivity index (χ0n) is 10.5. The molecule has 0 saturated heterocycles. The summed E-state index contributed by atoms with van der Waals surface area (Å²) >= 11 is 5.54. The Labute approximate surface area is 123 Å². The lowest BCUT2D eigenvalue weighted by Gasteiger charge is -2.08. The lowest BCUT2D eigenvalue weighted by atomic mass is 10.1. The lowest BCUT2D eigenvalue weighted by Crippen LogP contribution is -2.24. The average molecular weight is 316 g/mol. The van der Waals surface area contributed by atoms with Crippen LogP contribution in [0.1, 0.15) is 21.6 Å². The van der Waals surface area contributed by atoms with Crippen LogP contribution < -0.4 is 5.32 Å². The molecule has 0 spiro atoms. The Bertz CT molecular complexity index is 627. The molecule has 0 aliphatic carbocycles. The van der Waals surface area contributed by atoms with Crippen molar-refractivity contribution in [1.29, 1.82) is 0 Å². The maximum absolute atomic E-state index is 12.4. The summed E-state index contributed by atoms with van der Waals surface area (Å²) in [6, 6.07) is 7.35. The molecular weight excluding hydrogens is 307 g/mol. The van der Waals surface area contributed by atoms with Crippen LogP contribution in [-0.2, 0) is 12.7 Å². The first-order chi connectivity index (χ1) is 9.86. The van der Waals surface area contributed by atoms with Crippen LogP contribution in [0.25, 0.3) is 0 Å². The zero-order chi connectivity index (χ0) is 15.5. The van der Waals surface area contributed by atoms with Crippen LogP contribution in [0.4, 0.5) is 13.2 Å². The van der Waals surface area contributed by atoms with E-state index in [0.717, 1.165) is 12.1 Å². The number of carbonyl (C=O) groups is 1. The molecule has 0 aliphatic heterocycles. The molecule has 1 N–H and O–H groups in total. The van der Waals surface area contributed by atoms with Crippen LogP contribution in [-0.4, -0.2) is 16.1 Å². The molecule has 21 heavy (non-hydrogen) atoms. The van der Waals surface area contributed by atoms with Gasteiger partial charge in [-0.25, -0.2) is 0 Å². The van der Waals surface area contributed by atoms with Gasteiger partial charge in [0.2, 0.25) is 0 Å². The van der Waals surface area contributed by atoms with Crippen molar-refractivity contribution in [3.8, 4) is 0 Å². The number of amides is 1. The molecule has 1 heterocycles. The average Bonchev–Trinajstić information content (AvgIpc) is 2.45. The second kappa shape index (κ2) is 6.09. The summed E-state index contributed by atoms with van der Waals surface area (Å²) in [6.07, 6.45) is -4.37. The van der Waals surface area contributed by atoms with E-state index < -0.39 is 17.6 Å². The maximum Gasteiger partial charge on any atom is 0.416 e. The van der Waals surface area contributed by atoms with E-state index in [1.54, 1.807) is 0 Å². The Morgan fingerprint density at radius 3 is 2.29 bits per heavy atom. The summed E-state index contributed by atoms with van der Waals surface area (Å²) < 4.78 is 37.2. The van der Waals surface area contributed by atoms with Crippen molar-refractivity contribution in [3.05, 3.63) is 58.4 Å². The summed E-state index contributed by atoms with van der Waals surface area (Å²) in [5.41, 5.74) is -0.120. The van der Waals surface area contributed by atoms with Gasteiger partial charge in [-0.15, -0.1) is 10.2 Å².